The predicted molar refractivity (Wildman–Crippen MR) is 96.5 cm³/mol. The van der Waals surface area contributed by atoms with Crippen LogP contribution in [0.25, 0.3) is 0 Å². The molecule has 136 valence electrons. The number of hydrogen-bond acceptors (Lipinski definition) is 4. The highest BCUT2D eigenvalue weighted by molar-refractivity contribution is 6.16. The Morgan fingerprint density at radius 2 is 2.08 bits per heavy atom. The summed E-state index contributed by atoms with van der Waals surface area (Å²) < 4.78 is 1.31. The van der Waals surface area contributed by atoms with Crippen LogP contribution in [0.1, 0.15) is 30.6 Å². The first kappa shape index (κ1) is 17.7. The van der Waals surface area contributed by atoms with Gasteiger partial charge >= 0.3 is 0 Å². The Morgan fingerprint density at radius 1 is 1.35 bits per heavy atom. The molecule has 0 saturated carbocycles. The van der Waals surface area contributed by atoms with Crippen LogP contribution in [0.3, 0.4) is 0 Å². The Bertz CT molecular complexity index is 860. The smallest absolute Gasteiger partial charge is 0.262 e. The van der Waals surface area contributed by atoms with Gasteiger partial charge in [0.2, 0.25) is 11.8 Å². The molecule has 0 saturated heterocycles. The Morgan fingerprint density at radius 3 is 2.77 bits per heavy atom. The molecule has 1 aliphatic rings. The number of carbonyl (C=O) groups is 3. The van der Waals surface area contributed by atoms with Gasteiger partial charge in [-0.1, -0.05) is 32.4 Å². The number of nitrogens with one attached hydrogen (secondary N) is 1. The van der Waals surface area contributed by atoms with E-state index in [1.54, 1.807) is 18.2 Å². The first-order chi connectivity index (χ1) is 12.4. The van der Waals surface area contributed by atoms with E-state index in [2.05, 4.69) is 10.4 Å². The van der Waals surface area contributed by atoms with Crippen molar-refractivity contribution in [2.45, 2.75) is 32.9 Å². The number of carbonyl (C=O) groups excluding carboxylic acids is 3. The minimum Gasteiger partial charge on any atom is -0.368 e. The molecule has 2 heterocycles. The standard InChI is InChI=1S/C18H21N5O3/c1-3-11(2)16-17(25)21-13-6-4-5-7-14(13)23(16)18(26)12-8-20-22(9-12)10-15(19)24/h4-9,11,16H,3,10H2,1-2H3,(H2,19,24)(H,21,25)/t11-,16-/m0/s1. The fourth-order valence-electron chi connectivity index (χ4n) is 3.09. The number of para-hydroxylation sites is 2. The maximum atomic E-state index is 13.2. The van der Waals surface area contributed by atoms with Crippen LogP contribution in [0.4, 0.5) is 11.4 Å². The van der Waals surface area contributed by atoms with Crippen molar-refractivity contribution in [1.29, 1.82) is 0 Å². The molecule has 0 bridgehead atoms. The summed E-state index contributed by atoms with van der Waals surface area (Å²) in [5, 5.41) is 6.88. The summed E-state index contributed by atoms with van der Waals surface area (Å²) in [4.78, 5) is 38.5. The normalized spacial score (nSPS) is 17.4. The van der Waals surface area contributed by atoms with E-state index in [1.165, 1.54) is 22.0 Å². The molecule has 0 aliphatic carbocycles. The van der Waals surface area contributed by atoms with Gasteiger partial charge in [0.15, 0.2) is 0 Å². The van der Waals surface area contributed by atoms with Gasteiger partial charge in [0.05, 0.1) is 23.1 Å². The Hall–Kier alpha value is -3.16. The molecule has 0 fully saturated rings. The number of nitrogens with zero attached hydrogens (tertiary/aromatic N) is 3. The van der Waals surface area contributed by atoms with Crippen LogP contribution in [0.15, 0.2) is 36.7 Å². The van der Waals surface area contributed by atoms with Crippen molar-refractivity contribution < 1.29 is 14.4 Å². The van der Waals surface area contributed by atoms with E-state index < -0.39 is 11.9 Å². The van der Waals surface area contributed by atoms with Crippen molar-refractivity contribution in [3.05, 3.63) is 42.2 Å². The summed E-state index contributed by atoms with van der Waals surface area (Å²) in [6, 6.07) is 6.56. The van der Waals surface area contributed by atoms with Gasteiger partial charge in [-0.2, -0.15) is 5.10 Å². The average Bonchev–Trinajstić information content (AvgIpc) is 3.07. The maximum Gasteiger partial charge on any atom is 0.262 e. The summed E-state index contributed by atoms with van der Waals surface area (Å²) in [5.41, 5.74) is 6.70. The van der Waals surface area contributed by atoms with Gasteiger partial charge in [0.1, 0.15) is 12.6 Å². The lowest BCUT2D eigenvalue weighted by Crippen LogP contribution is -2.54. The van der Waals surface area contributed by atoms with Crippen molar-refractivity contribution in [1.82, 2.24) is 9.78 Å². The van der Waals surface area contributed by atoms with Crippen LogP contribution >= 0.6 is 0 Å². The molecule has 2 atom stereocenters. The summed E-state index contributed by atoms with van der Waals surface area (Å²) in [7, 11) is 0. The quantitative estimate of drug-likeness (QED) is 0.844. The largest absolute Gasteiger partial charge is 0.368 e. The van der Waals surface area contributed by atoms with Crippen LogP contribution in [-0.4, -0.2) is 33.5 Å². The molecular formula is C18H21N5O3. The van der Waals surface area contributed by atoms with E-state index in [0.717, 1.165) is 6.42 Å². The molecule has 1 aromatic carbocycles. The fourth-order valence-corrected chi connectivity index (χ4v) is 3.09. The van der Waals surface area contributed by atoms with Crippen molar-refractivity contribution in [2.75, 3.05) is 10.2 Å². The zero-order valence-corrected chi connectivity index (χ0v) is 14.7. The number of hydrogen-bond donors (Lipinski definition) is 2. The van der Waals surface area contributed by atoms with E-state index >= 15 is 0 Å². The molecule has 8 heteroatoms. The molecule has 3 rings (SSSR count). The van der Waals surface area contributed by atoms with Crippen molar-refractivity contribution >= 4 is 29.1 Å². The van der Waals surface area contributed by atoms with E-state index in [1.807, 2.05) is 19.9 Å². The molecule has 1 aromatic heterocycles. The summed E-state index contributed by atoms with van der Waals surface area (Å²) in [6.07, 6.45) is 3.59. The van der Waals surface area contributed by atoms with Crippen LogP contribution in [0, 0.1) is 5.92 Å². The highest BCUT2D eigenvalue weighted by Gasteiger charge is 2.40. The Balaban J connectivity index is 2.02. The van der Waals surface area contributed by atoms with E-state index in [-0.39, 0.29) is 24.3 Å². The molecule has 3 amide bonds. The monoisotopic (exact) mass is 355 g/mol. The second kappa shape index (κ2) is 6.99. The molecule has 0 unspecified atom stereocenters. The highest BCUT2D eigenvalue weighted by Crippen LogP contribution is 2.35. The third-order valence-corrected chi connectivity index (χ3v) is 4.57. The van der Waals surface area contributed by atoms with Crippen LogP contribution in [-0.2, 0) is 16.1 Å². The number of anilines is 2. The number of nitrogens with two attached hydrogens (primary N) is 1. The van der Waals surface area contributed by atoms with Gasteiger partial charge < -0.3 is 11.1 Å². The predicted octanol–water partition coefficient (Wildman–Crippen LogP) is 1.38. The van der Waals surface area contributed by atoms with Crippen molar-refractivity contribution in [3.63, 3.8) is 0 Å². The summed E-state index contributed by atoms with van der Waals surface area (Å²) in [5.74, 6) is -1.13. The Labute approximate surface area is 151 Å². The number of primary amides is 1. The third kappa shape index (κ3) is 3.17. The lowest BCUT2D eigenvalue weighted by atomic mass is 9.93. The molecule has 1 aliphatic heterocycles. The minimum atomic E-state index is -0.623. The van der Waals surface area contributed by atoms with Crippen molar-refractivity contribution in [2.24, 2.45) is 11.7 Å². The molecular weight excluding hydrogens is 334 g/mol. The van der Waals surface area contributed by atoms with Crippen LogP contribution < -0.4 is 16.0 Å². The minimum absolute atomic E-state index is 0.0343. The maximum absolute atomic E-state index is 13.2. The van der Waals surface area contributed by atoms with E-state index in [0.29, 0.717) is 16.9 Å². The van der Waals surface area contributed by atoms with Gasteiger partial charge in [-0.3, -0.25) is 24.0 Å². The van der Waals surface area contributed by atoms with Gasteiger partial charge in [-0.25, -0.2) is 0 Å². The first-order valence-electron chi connectivity index (χ1n) is 8.46. The second-order valence-corrected chi connectivity index (χ2v) is 6.40. The Kier molecular flexibility index (Phi) is 4.75. The zero-order chi connectivity index (χ0) is 18.8. The van der Waals surface area contributed by atoms with E-state index in [9.17, 15) is 14.4 Å². The average molecular weight is 355 g/mol. The number of aromatic nitrogens is 2. The highest BCUT2D eigenvalue weighted by atomic mass is 16.2. The number of rotatable bonds is 5. The lowest BCUT2D eigenvalue weighted by molar-refractivity contribution is -0.119. The molecule has 0 spiro atoms. The molecule has 8 nitrogen and oxygen atoms in total. The molecule has 0 radical (unpaired) electrons. The topological polar surface area (TPSA) is 110 Å². The summed E-state index contributed by atoms with van der Waals surface area (Å²) in [6.45, 7) is 3.81. The molecule has 3 N–H and O–H groups in total. The number of benzene rings is 1. The van der Waals surface area contributed by atoms with Gasteiger partial charge in [0, 0.05) is 6.20 Å². The van der Waals surface area contributed by atoms with Gasteiger partial charge in [0.25, 0.3) is 5.91 Å². The van der Waals surface area contributed by atoms with Gasteiger partial charge in [-0.15, -0.1) is 0 Å². The summed E-state index contributed by atoms with van der Waals surface area (Å²) >= 11 is 0. The molecule has 26 heavy (non-hydrogen) atoms. The SMILES string of the molecule is CC[C@H](C)[C@H]1C(=O)Nc2ccccc2N1C(=O)c1cnn(CC(N)=O)c1. The van der Waals surface area contributed by atoms with E-state index in [4.69, 9.17) is 5.73 Å². The zero-order valence-electron chi connectivity index (χ0n) is 14.7. The van der Waals surface area contributed by atoms with Gasteiger partial charge in [-0.05, 0) is 18.1 Å². The fraction of sp³-hybridized carbons (Fsp3) is 0.333. The number of amides is 3. The first-order valence-corrected chi connectivity index (χ1v) is 8.46. The van der Waals surface area contributed by atoms with Crippen LogP contribution in [0.5, 0.6) is 0 Å². The second-order valence-electron chi connectivity index (χ2n) is 6.40. The number of fused-ring (bicyclic) bond motifs is 1. The molecule has 2 aromatic rings. The third-order valence-electron chi connectivity index (χ3n) is 4.57. The lowest BCUT2D eigenvalue weighted by Gasteiger charge is -2.39. The van der Waals surface area contributed by atoms with Crippen LogP contribution in [0.2, 0.25) is 0 Å². The van der Waals surface area contributed by atoms with Crippen molar-refractivity contribution in [3.8, 4) is 0 Å².